The monoisotopic (exact) mass is 166 g/mol. The Morgan fingerprint density at radius 2 is 2.33 bits per heavy atom. The average Bonchev–Trinajstić information content (AvgIpc) is 2.16. The van der Waals surface area contributed by atoms with Crippen molar-refractivity contribution in [3.63, 3.8) is 0 Å². The van der Waals surface area contributed by atoms with Crippen LogP contribution in [0.4, 0.5) is 0 Å². The van der Waals surface area contributed by atoms with E-state index in [9.17, 15) is 0 Å². The number of hydrogen-bond donors (Lipinski definition) is 0. The Morgan fingerprint density at radius 3 is 2.83 bits per heavy atom. The molecule has 0 spiro atoms. The number of methoxy groups -OCH3 is 1. The molecule has 0 saturated carbocycles. The lowest BCUT2D eigenvalue weighted by Gasteiger charge is -2.11. The van der Waals surface area contributed by atoms with E-state index in [0.717, 1.165) is 18.5 Å². The van der Waals surface area contributed by atoms with Crippen LogP contribution < -0.4 is 0 Å². The molecule has 1 rings (SSSR count). The van der Waals surface area contributed by atoms with Gasteiger partial charge in [0.05, 0.1) is 11.8 Å². The molecule has 0 radical (unpaired) electrons. The summed E-state index contributed by atoms with van der Waals surface area (Å²) in [5.74, 6) is 0. The Kier molecular flexibility index (Phi) is 3.67. The summed E-state index contributed by atoms with van der Waals surface area (Å²) in [6.07, 6.45) is 7.28. The highest BCUT2D eigenvalue weighted by molar-refractivity contribution is 4.96. The summed E-state index contributed by atoms with van der Waals surface area (Å²) in [6.45, 7) is 2.10. The standard InChI is InChI=1S/C9H14N2O/c1-3-9(12-2)6-8-7-10-4-5-11-8/h4-5,7,9H,3,6H2,1-2H3. The summed E-state index contributed by atoms with van der Waals surface area (Å²) in [6, 6.07) is 0. The van der Waals surface area contributed by atoms with Crippen LogP contribution in [0.3, 0.4) is 0 Å². The van der Waals surface area contributed by atoms with Gasteiger partial charge >= 0.3 is 0 Å². The van der Waals surface area contributed by atoms with Crippen LogP contribution >= 0.6 is 0 Å². The molecule has 3 heteroatoms. The van der Waals surface area contributed by atoms with E-state index in [1.165, 1.54) is 0 Å². The van der Waals surface area contributed by atoms with Gasteiger partial charge in [0.1, 0.15) is 0 Å². The first-order chi connectivity index (χ1) is 5.86. The van der Waals surface area contributed by atoms with Crippen molar-refractivity contribution in [2.75, 3.05) is 7.11 Å². The topological polar surface area (TPSA) is 35.0 Å². The molecule has 1 aromatic heterocycles. The first kappa shape index (κ1) is 9.13. The number of rotatable bonds is 4. The predicted octanol–water partition coefficient (Wildman–Crippen LogP) is 1.44. The lowest BCUT2D eigenvalue weighted by Crippen LogP contribution is -2.13. The minimum atomic E-state index is 0.265. The Labute approximate surface area is 72.8 Å². The van der Waals surface area contributed by atoms with Crippen LogP contribution in [0.2, 0.25) is 0 Å². The van der Waals surface area contributed by atoms with Gasteiger partial charge in [-0.15, -0.1) is 0 Å². The second-order valence-corrected chi connectivity index (χ2v) is 2.67. The molecule has 0 aliphatic heterocycles. The molecule has 1 heterocycles. The van der Waals surface area contributed by atoms with Crippen LogP contribution in [0.1, 0.15) is 19.0 Å². The first-order valence-electron chi connectivity index (χ1n) is 4.14. The van der Waals surface area contributed by atoms with E-state index >= 15 is 0 Å². The second kappa shape index (κ2) is 4.83. The molecule has 1 atom stereocenters. The summed E-state index contributed by atoms with van der Waals surface area (Å²) in [5.41, 5.74) is 0.992. The Morgan fingerprint density at radius 1 is 1.50 bits per heavy atom. The number of ether oxygens (including phenoxy) is 1. The summed E-state index contributed by atoms with van der Waals surface area (Å²) in [5, 5.41) is 0. The van der Waals surface area contributed by atoms with E-state index in [-0.39, 0.29) is 6.10 Å². The summed E-state index contributed by atoms with van der Waals surface area (Å²) in [7, 11) is 1.73. The van der Waals surface area contributed by atoms with Gasteiger partial charge in [-0.1, -0.05) is 6.92 Å². The molecule has 0 aliphatic carbocycles. The molecule has 3 nitrogen and oxygen atoms in total. The molecule has 0 amide bonds. The Bertz CT molecular complexity index is 209. The molecule has 1 unspecified atom stereocenters. The third-order valence-corrected chi connectivity index (χ3v) is 1.84. The molecular weight excluding hydrogens is 152 g/mol. The first-order valence-corrected chi connectivity index (χ1v) is 4.14. The van der Waals surface area contributed by atoms with Gasteiger partial charge in [0.25, 0.3) is 0 Å². The van der Waals surface area contributed by atoms with Crippen molar-refractivity contribution in [3.8, 4) is 0 Å². The van der Waals surface area contributed by atoms with Crippen molar-refractivity contribution in [1.82, 2.24) is 9.97 Å². The van der Waals surface area contributed by atoms with Gasteiger partial charge in [0.15, 0.2) is 0 Å². The molecule has 0 N–H and O–H groups in total. The fourth-order valence-electron chi connectivity index (χ4n) is 1.06. The molecule has 0 aromatic carbocycles. The van der Waals surface area contributed by atoms with E-state index in [1.54, 1.807) is 25.7 Å². The average molecular weight is 166 g/mol. The van der Waals surface area contributed by atoms with Gasteiger partial charge in [0.2, 0.25) is 0 Å². The van der Waals surface area contributed by atoms with E-state index in [4.69, 9.17) is 4.74 Å². The number of aromatic nitrogens is 2. The second-order valence-electron chi connectivity index (χ2n) is 2.67. The maximum atomic E-state index is 5.24. The minimum absolute atomic E-state index is 0.265. The van der Waals surface area contributed by atoms with Gasteiger partial charge < -0.3 is 4.74 Å². The van der Waals surface area contributed by atoms with Crippen molar-refractivity contribution in [2.24, 2.45) is 0 Å². The lowest BCUT2D eigenvalue weighted by atomic mass is 10.1. The fraction of sp³-hybridized carbons (Fsp3) is 0.556. The van der Waals surface area contributed by atoms with Crippen LogP contribution in [0.25, 0.3) is 0 Å². The van der Waals surface area contributed by atoms with Crippen molar-refractivity contribution in [1.29, 1.82) is 0 Å². The normalized spacial score (nSPS) is 12.8. The highest BCUT2D eigenvalue weighted by atomic mass is 16.5. The predicted molar refractivity (Wildman–Crippen MR) is 46.8 cm³/mol. The molecule has 1 aromatic rings. The van der Waals surface area contributed by atoms with Crippen LogP contribution in [-0.2, 0) is 11.2 Å². The summed E-state index contributed by atoms with van der Waals surface area (Å²) in [4.78, 5) is 8.16. The van der Waals surface area contributed by atoms with E-state index < -0.39 is 0 Å². The van der Waals surface area contributed by atoms with E-state index in [1.807, 2.05) is 0 Å². The molecule has 0 bridgehead atoms. The van der Waals surface area contributed by atoms with Crippen LogP contribution in [-0.4, -0.2) is 23.2 Å². The lowest BCUT2D eigenvalue weighted by molar-refractivity contribution is 0.0989. The zero-order valence-corrected chi connectivity index (χ0v) is 7.53. The third kappa shape index (κ3) is 2.58. The van der Waals surface area contributed by atoms with Crippen molar-refractivity contribution in [3.05, 3.63) is 24.3 Å². The highest BCUT2D eigenvalue weighted by Crippen LogP contribution is 2.03. The maximum absolute atomic E-state index is 5.24. The number of hydrogen-bond acceptors (Lipinski definition) is 3. The van der Waals surface area contributed by atoms with Gasteiger partial charge in [-0.05, 0) is 6.42 Å². The molecule has 0 saturated heterocycles. The summed E-state index contributed by atoms with van der Waals surface area (Å²) < 4.78 is 5.24. The van der Waals surface area contributed by atoms with Crippen LogP contribution in [0, 0.1) is 0 Å². The van der Waals surface area contributed by atoms with Crippen molar-refractivity contribution < 1.29 is 4.74 Å². The SMILES string of the molecule is CCC(Cc1cnccn1)OC. The van der Waals surface area contributed by atoms with Gasteiger partial charge in [0, 0.05) is 32.1 Å². The smallest absolute Gasteiger partial charge is 0.0624 e. The number of nitrogens with zero attached hydrogens (tertiary/aromatic N) is 2. The quantitative estimate of drug-likeness (QED) is 0.679. The van der Waals surface area contributed by atoms with Crippen molar-refractivity contribution in [2.45, 2.75) is 25.9 Å². The molecule has 0 aliphatic rings. The maximum Gasteiger partial charge on any atom is 0.0624 e. The fourth-order valence-corrected chi connectivity index (χ4v) is 1.06. The minimum Gasteiger partial charge on any atom is -0.381 e. The largest absolute Gasteiger partial charge is 0.381 e. The molecule has 12 heavy (non-hydrogen) atoms. The van der Waals surface area contributed by atoms with E-state index in [0.29, 0.717) is 0 Å². The molecule has 0 fully saturated rings. The van der Waals surface area contributed by atoms with Crippen LogP contribution in [0.15, 0.2) is 18.6 Å². The van der Waals surface area contributed by atoms with Gasteiger partial charge in [-0.3, -0.25) is 9.97 Å². The van der Waals surface area contributed by atoms with Crippen LogP contribution in [0.5, 0.6) is 0 Å². The zero-order chi connectivity index (χ0) is 8.81. The third-order valence-electron chi connectivity index (χ3n) is 1.84. The van der Waals surface area contributed by atoms with Gasteiger partial charge in [-0.2, -0.15) is 0 Å². The Balaban J connectivity index is 2.51. The Hall–Kier alpha value is -0.960. The van der Waals surface area contributed by atoms with Gasteiger partial charge in [-0.25, -0.2) is 0 Å². The summed E-state index contributed by atoms with van der Waals surface area (Å²) >= 11 is 0. The molecular formula is C9H14N2O. The van der Waals surface area contributed by atoms with Crippen molar-refractivity contribution >= 4 is 0 Å². The molecule has 66 valence electrons. The highest BCUT2D eigenvalue weighted by Gasteiger charge is 2.05. The zero-order valence-electron chi connectivity index (χ0n) is 7.53. The van der Waals surface area contributed by atoms with E-state index in [2.05, 4.69) is 16.9 Å².